The van der Waals surface area contributed by atoms with E-state index in [2.05, 4.69) is 17.4 Å². The van der Waals surface area contributed by atoms with Crippen LogP contribution in [0.15, 0.2) is 48.5 Å². The van der Waals surface area contributed by atoms with Crippen molar-refractivity contribution in [2.45, 2.75) is 19.5 Å². The maximum Gasteiger partial charge on any atom is 0.318 e. The van der Waals surface area contributed by atoms with Crippen LogP contribution in [0.2, 0.25) is 0 Å². The summed E-state index contributed by atoms with van der Waals surface area (Å²) in [6, 6.07) is 14.2. The predicted molar refractivity (Wildman–Crippen MR) is 103 cm³/mol. The fourth-order valence-corrected chi connectivity index (χ4v) is 4.72. The number of benzene rings is 2. The molecule has 1 saturated carbocycles. The van der Waals surface area contributed by atoms with Gasteiger partial charge in [-0.2, -0.15) is 0 Å². The van der Waals surface area contributed by atoms with Crippen molar-refractivity contribution in [2.75, 3.05) is 18.0 Å². The van der Waals surface area contributed by atoms with Crippen molar-refractivity contribution >= 4 is 17.6 Å². The molecule has 0 aromatic heterocycles. The first kappa shape index (κ1) is 17.2. The Morgan fingerprint density at radius 2 is 1.75 bits per heavy atom. The lowest BCUT2D eigenvalue weighted by Crippen LogP contribution is -2.37. The smallest absolute Gasteiger partial charge is 0.318 e. The van der Waals surface area contributed by atoms with Gasteiger partial charge in [0, 0.05) is 37.8 Å². The minimum atomic E-state index is -0.296. The number of amides is 3. The molecule has 0 spiro atoms. The van der Waals surface area contributed by atoms with Crippen LogP contribution < -0.4 is 10.2 Å². The van der Waals surface area contributed by atoms with Gasteiger partial charge < -0.3 is 15.1 Å². The molecule has 3 atom stereocenters. The molecule has 5 nitrogen and oxygen atoms in total. The zero-order chi connectivity index (χ0) is 19.3. The van der Waals surface area contributed by atoms with Crippen molar-refractivity contribution in [1.82, 2.24) is 10.2 Å². The number of halogens is 1. The van der Waals surface area contributed by atoms with Crippen molar-refractivity contribution in [2.24, 2.45) is 17.8 Å². The number of hydrogen-bond acceptors (Lipinski definition) is 2. The molecule has 144 valence electrons. The molecule has 6 heteroatoms. The van der Waals surface area contributed by atoms with Crippen molar-refractivity contribution in [3.63, 3.8) is 0 Å². The van der Waals surface area contributed by atoms with Crippen LogP contribution in [0.3, 0.4) is 0 Å². The summed E-state index contributed by atoms with van der Waals surface area (Å²) in [5.41, 5.74) is 3.18. The molecule has 0 unspecified atom stereocenters. The zero-order valence-electron chi connectivity index (χ0n) is 15.5. The van der Waals surface area contributed by atoms with Gasteiger partial charge in [0.05, 0.1) is 0 Å². The topological polar surface area (TPSA) is 52.7 Å². The van der Waals surface area contributed by atoms with Crippen molar-refractivity contribution < 1.29 is 14.0 Å². The fourth-order valence-electron chi connectivity index (χ4n) is 4.72. The van der Waals surface area contributed by atoms with Crippen molar-refractivity contribution in [3.8, 4) is 0 Å². The third kappa shape index (κ3) is 2.93. The highest BCUT2D eigenvalue weighted by atomic mass is 19.1. The van der Waals surface area contributed by atoms with Crippen LogP contribution in [0.25, 0.3) is 0 Å². The third-order valence-electron chi connectivity index (χ3n) is 6.30. The maximum absolute atomic E-state index is 13.1. The van der Waals surface area contributed by atoms with E-state index in [1.165, 1.54) is 23.3 Å². The lowest BCUT2D eigenvalue weighted by atomic mass is 10.1. The van der Waals surface area contributed by atoms with E-state index in [1.807, 2.05) is 17.0 Å². The second-order valence-corrected chi connectivity index (χ2v) is 7.92. The normalized spacial score (nSPS) is 24.9. The number of rotatable bonds is 4. The highest BCUT2D eigenvalue weighted by Crippen LogP contribution is 2.54. The molecular formula is C22H22FN3O2. The van der Waals surface area contributed by atoms with Gasteiger partial charge in [-0.25, -0.2) is 9.18 Å². The van der Waals surface area contributed by atoms with Crippen LogP contribution in [0, 0.1) is 23.6 Å². The number of piperidine rings is 1. The van der Waals surface area contributed by atoms with Crippen LogP contribution in [-0.4, -0.2) is 29.9 Å². The van der Waals surface area contributed by atoms with Gasteiger partial charge in [-0.05, 0) is 53.6 Å². The lowest BCUT2D eigenvalue weighted by Gasteiger charge is -2.20. The third-order valence-corrected chi connectivity index (χ3v) is 6.30. The largest absolute Gasteiger partial charge is 0.338 e. The second-order valence-electron chi connectivity index (χ2n) is 7.92. The predicted octanol–water partition coefficient (Wildman–Crippen LogP) is 3.15. The first-order valence-electron chi connectivity index (χ1n) is 9.78. The molecule has 2 aromatic rings. The second kappa shape index (κ2) is 6.62. The molecule has 2 heterocycles. The van der Waals surface area contributed by atoms with E-state index in [0.717, 1.165) is 12.1 Å². The van der Waals surface area contributed by atoms with E-state index in [1.54, 1.807) is 17.0 Å². The average Bonchev–Trinajstić information content (AvgIpc) is 3.04. The highest BCUT2D eigenvalue weighted by Gasteiger charge is 2.61. The Bertz CT molecular complexity index is 905. The minimum Gasteiger partial charge on any atom is -0.338 e. The van der Waals surface area contributed by atoms with E-state index < -0.39 is 0 Å². The number of urea groups is 1. The molecule has 2 fully saturated rings. The Morgan fingerprint density at radius 3 is 2.36 bits per heavy atom. The van der Waals surface area contributed by atoms with Gasteiger partial charge in [0.1, 0.15) is 5.82 Å². The van der Waals surface area contributed by atoms with Gasteiger partial charge in [0.2, 0.25) is 5.91 Å². The lowest BCUT2D eigenvalue weighted by molar-refractivity contribution is -0.119. The van der Waals surface area contributed by atoms with Crippen LogP contribution >= 0.6 is 0 Å². The molecule has 3 amide bonds. The summed E-state index contributed by atoms with van der Waals surface area (Å²) >= 11 is 0. The monoisotopic (exact) mass is 379 g/mol. The summed E-state index contributed by atoms with van der Waals surface area (Å²) in [4.78, 5) is 28.6. The molecule has 3 aliphatic rings. The molecule has 1 aliphatic carbocycles. The number of nitrogens with one attached hydrogen (secondary N) is 1. The molecular weight excluding hydrogens is 357 g/mol. The molecule has 2 aliphatic heterocycles. The Kier molecular flexibility index (Phi) is 4.07. The number of hydrogen-bond donors (Lipinski definition) is 1. The van der Waals surface area contributed by atoms with Crippen molar-refractivity contribution in [3.05, 3.63) is 65.5 Å². The Morgan fingerprint density at radius 1 is 1.07 bits per heavy atom. The number of carbonyl (C=O) groups is 2. The van der Waals surface area contributed by atoms with E-state index >= 15 is 0 Å². The molecule has 0 radical (unpaired) electrons. The molecule has 28 heavy (non-hydrogen) atoms. The standard InChI is InChI=1S/C22H22FN3O2/c23-16-5-7-17(8-6-16)26-13-19-18(20(19)21(26)27)9-10-24-22(28)25-11-14-3-1-2-4-15(14)12-25/h1-8,18-20H,9-13H2,(H,24,28)/t18-,19-,20+/m0/s1. The Hall–Kier alpha value is -2.89. The fraction of sp³-hybridized carbons (Fsp3) is 0.364. The van der Waals surface area contributed by atoms with E-state index in [9.17, 15) is 14.0 Å². The summed E-state index contributed by atoms with van der Waals surface area (Å²) < 4.78 is 13.1. The summed E-state index contributed by atoms with van der Waals surface area (Å²) in [5, 5.41) is 3.00. The summed E-state index contributed by atoms with van der Waals surface area (Å²) in [7, 11) is 0. The first-order valence-corrected chi connectivity index (χ1v) is 9.78. The Balaban J connectivity index is 1.09. The summed E-state index contributed by atoms with van der Waals surface area (Å²) in [5.74, 6) is 0.585. The van der Waals surface area contributed by atoms with Crippen LogP contribution in [-0.2, 0) is 17.9 Å². The molecule has 1 N–H and O–H groups in total. The first-order chi connectivity index (χ1) is 13.6. The summed E-state index contributed by atoms with van der Waals surface area (Å²) in [6.07, 6.45) is 0.824. The van der Waals surface area contributed by atoms with Gasteiger partial charge in [-0.15, -0.1) is 0 Å². The number of anilines is 1. The molecule has 2 aromatic carbocycles. The maximum atomic E-state index is 13.1. The quantitative estimate of drug-likeness (QED) is 0.887. The van der Waals surface area contributed by atoms with E-state index in [4.69, 9.17) is 0 Å². The molecule has 1 saturated heterocycles. The SMILES string of the molecule is O=C(NCC[C@H]1[C@@H]2CN(c3ccc(F)cc3)C(=O)[C@H]12)N1Cc2ccccc2C1. The molecule has 0 bridgehead atoms. The number of nitrogens with zero attached hydrogens (tertiary/aromatic N) is 2. The number of fused-ring (bicyclic) bond motifs is 2. The van der Waals surface area contributed by atoms with Gasteiger partial charge in [-0.3, -0.25) is 4.79 Å². The number of carbonyl (C=O) groups excluding carboxylic acids is 2. The van der Waals surface area contributed by atoms with Gasteiger partial charge >= 0.3 is 6.03 Å². The summed E-state index contributed by atoms with van der Waals surface area (Å²) in [6.45, 7) is 2.59. The minimum absolute atomic E-state index is 0.0405. The van der Waals surface area contributed by atoms with Gasteiger partial charge in [0.25, 0.3) is 0 Å². The van der Waals surface area contributed by atoms with E-state index in [0.29, 0.717) is 38.0 Å². The van der Waals surface area contributed by atoms with Crippen molar-refractivity contribution in [1.29, 1.82) is 0 Å². The Labute approximate surface area is 163 Å². The van der Waals surface area contributed by atoms with Gasteiger partial charge in [-0.1, -0.05) is 24.3 Å². The van der Waals surface area contributed by atoms with Crippen LogP contribution in [0.5, 0.6) is 0 Å². The average molecular weight is 379 g/mol. The van der Waals surface area contributed by atoms with Gasteiger partial charge in [0.15, 0.2) is 0 Å². The highest BCUT2D eigenvalue weighted by molar-refractivity contribution is 6.00. The molecule has 5 rings (SSSR count). The van der Waals surface area contributed by atoms with Crippen LogP contribution in [0.1, 0.15) is 17.5 Å². The van der Waals surface area contributed by atoms with Crippen LogP contribution in [0.4, 0.5) is 14.9 Å². The zero-order valence-corrected chi connectivity index (χ0v) is 15.5. The van der Waals surface area contributed by atoms with E-state index in [-0.39, 0.29) is 23.7 Å².